The number of carbonyl (C=O) groups is 1. The van der Waals surface area contributed by atoms with E-state index in [9.17, 15) is 4.79 Å². The molecule has 0 aromatic heterocycles. The van der Waals surface area contributed by atoms with Gasteiger partial charge in [-0.15, -0.1) is 0 Å². The number of carbonyl (C=O) groups excluding carboxylic acids is 1. The Kier molecular flexibility index (Phi) is 3.10. The van der Waals surface area contributed by atoms with Gasteiger partial charge in [0.25, 0.3) is 5.24 Å². The van der Waals surface area contributed by atoms with Crippen molar-refractivity contribution in [1.82, 2.24) is 5.32 Å². The zero-order valence-corrected chi connectivity index (χ0v) is 9.03. The minimum Gasteiger partial charge on any atom is -0.343 e. The summed E-state index contributed by atoms with van der Waals surface area (Å²) in [4.78, 5) is 11.2. The van der Waals surface area contributed by atoms with E-state index in [4.69, 9.17) is 0 Å². The van der Waals surface area contributed by atoms with Crippen LogP contribution in [-0.4, -0.2) is 17.2 Å². The summed E-state index contributed by atoms with van der Waals surface area (Å²) in [7, 11) is 1.11. The normalized spacial score (nSPS) is 20.0. The Bertz CT molecular complexity index is 364. The number of rotatable bonds is 3. The molecule has 1 aliphatic rings. The Labute approximate surface area is 88.7 Å². The molecule has 5 heteroatoms. The molecule has 0 saturated heterocycles. The molecule has 0 fully saturated rings. The highest BCUT2D eigenvalue weighted by Gasteiger charge is 2.12. The lowest BCUT2D eigenvalue weighted by molar-refractivity contribution is 0.262. The molecule has 1 unspecified atom stereocenters. The third kappa shape index (κ3) is 2.30. The van der Waals surface area contributed by atoms with Crippen molar-refractivity contribution >= 4 is 36.8 Å². The van der Waals surface area contributed by atoms with Gasteiger partial charge < -0.3 is 10.0 Å². The summed E-state index contributed by atoms with van der Waals surface area (Å²) < 4.78 is 3.15. The summed E-state index contributed by atoms with van der Waals surface area (Å²) in [5.41, 5.74) is 1.03. The van der Waals surface area contributed by atoms with Crippen LogP contribution in [0.15, 0.2) is 30.3 Å². The van der Waals surface area contributed by atoms with E-state index in [0.29, 0.717) is 6.54 Å². The van der Waals surface area contributed by atoms with Crippen LogP contribution in [0.1, 0.15) is 0 Å². The summed E-state index contributed by atoms with van der Waals surface area (Å²) >= 11 is 0. The predicted molar refractivity (Wildman–Crippen MR) is 64.7 cm³/mol. The molecule has 1 aromatic carbocycles. The van der Waals surface area contributed by atoms with Crippen LogP contribution in [0.4, 0.5) is 10.5 Å². The first-order valence-electron chi connectivity index (χ1n) is 4.19. The number of hydrogen-bond donors (Lipinski definition) is 2. The van der Waals surface area contributed by atoms with Gasteiger partial charge in [0.15, 0.2) is 0 Å². The molecule has 1 atom stereocenters. The molecule has 1 amide bonds. The van der Waals surface area contributed by atoms with Crippen molar-refractivity contribution in [3.05, 3.63) is 30.3 Å². The van der Waals surface area contributed by atoms with Crippen molar-refractivity contribution in [1.29, 1.82) is 0 Å². The first-order valence-corrected chi connectivity index (χ1v) is 6.81. The van der Waals surface area contributed by atoms with Crippen LogP contribution in [-0.2, 0) is 0 Å². The molecule has 3 nitrogen and oxygen atoms in total. The molecule has 14 heavy (non-hydrogen) atoms. The molecule has 0 aliphatic carbocycles. The van der Waals surface area contributed by atoms with Crippen molar-refractivity contribution in [2.75, 3.05) is 11.3 Å². The lowest BCUT2D eigenvalue weighted by Crippen LogP contribution is -2.12. The van der Waals surface area contributed by atoms with E-state index in [-0.39, 0.29) is 14.8 Å². The fourth-order valence-electron chi connectivity index (χ4n) is 1.02. The lowest BCUT2D eigenvalue weighted by atomic mass is 10.3. The van der Waals surface area contributed by atoms with Crippen LogP contribution >= 0.6 is 20.5 Å². The molecule has 1 aromatic rings. The molecule has 74 valence electrons. The van der Waals surface area contributed by atoms with Gasteiger partial charge in [-0.1, -0.05) is 18.2 Å². The highest BCUT2D eigenvalue weighted by molar-refractivity contribution is 8.89. The molecule has 2 N–H and O–H groups in total. The van der Waals surface area contributed by atoms with E-state index in [1.54, 1.807) is 0 Å². The Morgan fingerprint density at radius 1 is 1.36 bits per heavy atom. The first-order chi connectivity index (χ1) is 6.86. The minimum absolute atomic E-state index is 0.110. The van der Waals surface area contributed by atoms with Gasteiger partial charge in [0, 0.05) is 23.2 Å². The average molecular weight is 226 g/mol. The van der Waals surface area contributed by atoms with Crippen LogP contribution in [0.5, 0.6) is 0 Å². The summed E-state index contributed by atoms with van der Waals surface area (Å²) in [5.74, 6) is 0. The second-order valence-corrected chi connectivity index (χ2v) is 5.93. The fourth-order valence-corrected chi connectivity index (χ4v) is 3.47. The van der Waals surface area contributed by atoms with E-state index < -0.39 is 0 Å². The van der Waals surface area contributed by atoms with Crippen molar-refractivity contribution in [3.63, 3.8) is 0 Å². The molecule has 0 radical (unpaired) electrons. The zero-order chi connectivity index (χ0) is 9.80. The third-order valence-electron chi connectivity index (χ3n) is 1.69. The molecule has 1 aliphatic heterocycles. The maximum Gasteiger partial charge on any atom is 0.284 e. The first kappa shape index (κ1) is 9.61. The summed E-state index contributed by atoms with van der Waals surface area (Å²) in [6.07, 6.45) is 0. The van der Waals surface area contributed by atoms with Crippen molar-refractivity contribution < 1.29 is 4.79 Å². The summed E-state index contributed by atoms with van der Waals surface area (Å²) in [6.45, 7) is 0.686. The van der Waals surface area contributed by atoms with E-state index in [0.717, 1.165) is 5.69 Å². The lowest BCUT2D eigenvalue weighted by Gasteiger charge is -2.04. The van der Waals surface area contributed by atoms with Gasteiger partial charge in [0.05, 0.1) is 0 Å². The number of anilines is 1. The smallest absolute Gasteiger partial charge is 0.284 e. The number of para-hydroxylation sites is 1. The summed E-state index contributed by atoms with van der Waals surface area (Å²) in [5, 5.41) is 4.86. The quantitative estimate of drug-likeness (QED) is 0.472. The Hall–Kier alpha value is -0.940. The standard InChI is InChI=1S/C9H10N2OS2/c12-9-10-6-7-14(9)13-11-8-4-2-1-3-5-8/h1-5,7,11H,6H2,(H,10,12). The van der Waals surface area contributed by atoms with Crippen LogP contribution in [0, 0.1) is 0 Å². The molecule has 0 bridgehead atoms. The van der Waals surface area contributed by atoms with Crippen molar-refractivity contribution in [3.8, 4) is 0 Å². The molecule has 2 rings (SSSR count). The van der Waals surface area contributed by atoms with Crippen LogP contribution in [0.2, 0.25) is 0 Å². The van der Waals surface area contributed by atoms with Gasteiger partial charge in [0.1, 0.15) is 0 Å². The number of nitrogens with one attached hydrogen (secondary N) is 2. The van der Waals surface area contributed by atoms with Gasteiger partial charge in [-0.25, -0.2) is 0 Å². The fraction of sp³-hybridized carbons (Fsp3) is 0.111. The highest BCUT2D eigenvalue weighted by atomic mass is 33.1. The van der Waals surface area contributed by atoms with Crippen molar-refractivity contribution in [2.45, 2.75) is 0 Å². The molecule has 1 heterocycles. The second-order valence-electron chi connectivity index (χ2n) is 2.68. The number of amides is 1. The maximum absolute atomic E-state index is 11.2. The third-order valence-corrected chi connectivity index (χ3v) is 4.82. The van der Waals surface area contributed by atoms with Gasteiger partial charge in [0.2, 0.25) is 0 Å². The average Bonchev–Trinajstić information content (AvgIpc) is 2.63. The molecular weight excluding hydrogens is 216 g/mol. The van der Waals surface area contributed by atoms with Gasteiger partial charge in [-0.05, 0) is 27.0 Å². The van der Waals surface area contributed by atoms with E-state index in [1.807, 2.05) is 35.7 Å². The SMILES string of the molecule is O=C1NCC=S1SNc1ccccc1. The second kappa shape index (κ2) is 4.52. The monoisotopic (exact) mass is 226 g/mol. The zero-order valence-electron chi connectivity index (χ0n) is 7.40. The van der Waals surface area contributed by atoms with Gasteiger partial charge in [-0.2, -0.15) is 0 Å². The highest BCUT2D eigenvalue weighted by Crippen LogP contribution is 2.33. The van der Waals surface area contributed by atoms with Gasteiger partial charge >= 0.3 is 0 Å². The summed E-state index contributed by atoms with van der Waals surface area (Å²) in [6, 6.07) is 9.84. The van der Waals surface area contributed by atoms with Crippen LogP contribution < -0.4 is 10.0 Å². The van der Waals surface area contributed by atoms with Crippen molar-refractivity contribution in [2.24, 2.45) is 0 Å². The molecule has 0 spiro atoms. The predicted octanol–water partition coefficient (Wildman–Crippen LogP) is 2.46. The molecule has 0 saturated carbocycles. The Morgan fingerprint density at radius 3 is 2.79 bits per heavy atom. The maximum atomic E-state index is 11.2. The van der Waals surface area contributed by atoms with Crippen LogP contribution in [0.25, 0.3) is 0 Å². The number of benzene rings is 1. The van der Waals surface area contributed by atoms with E-state index in [2.05, 4.69) is 10.0 Å². The Morgan fingerprint density at radius 2 is 2.14 bits per heavy atom. The number of hydrogen-bond acceptors (Lipinski definition) is 3. The Balaban J connectivity index is 1.92. The van der Waals surface area contributed by atoms with E-state index in [1.165, 1.54) is 11.0 Å². The topological polar surface area (TPSA) is 41.1 Å². The van der Waals surface area contributed by atoms with E-state index >= 15 is 0 Å². The largest absolute Gasteiger partial charge is 0.343 e. The minimum atomic E-state index is -0.342. The van der Waals surface area contributed by atoms with Gasteiger partial charge in [-0.3, -0.25) is 4.79 Å². The van der Waals surface area contributed by atoms with Crippen LogP contribution in [0.3, 0.4) is 0 Å². The molecular formula is C9H10N2OS2.